The van der Waals surface area contributed by atoms with Crippen molar-refractivity contribution >= 4 is 5.91 Å². The van der Waals surface area contributed by atoms with Crippen LogP contribution in [-0.4, -0.2) is 30.7 Å². The zero-order valence-electron chi connectivity index (χ0n) is 8.47. The van der Waals surface area contributed by atoms with Gasteiger partial charge in [-0.3, -0.25) is 4.79 Å². The van der Waals surface area contributed by atoms with Gasteiger partial charge < -0.3 is 16.2 Å². The number of hydrogen-bond donors (Lipinski definition) is 3. The fourth-order valence-corrected chi connectivity index (χ4v) is 1.03. The number of aliphatic hydroxyl groups is 1. The van der Waals surface area contributed by atoms with Crippen molar-refractivity contribution in [1.29, 1.82) is 0 Å². The molecule has 0 aromatic carbocycles. The summed E-state index contributed by atoms with van der Waals surface area (Å²) in [5, 5.41) is 11.9. The predicted octanol–water partition coefficient (Wildman–Crippen LogP) is -0.140. The molecule has 0 fully saturated rings. The largest absolute Gasteiger partial charge is 0.396 e. The smallest absolute Gasteiger partial charge is 0.218 e. The van der Waals surface area contributed by atoms with Crippen LogP contribution in [0.5, 0.6) is 0 Å². The van der Waals surface area contributed by atoms with E-state index in [-0.39, 0.29) is 17.9 Å². The fraction of sp³-hybridized carbons (Fsp3) is 0.889. The average Bonchev–Trinajstić information content (AvgIpc) is 1.98. The second kappa shape index (κ2) is 5.94. The summed E-state index contributed by atoms with van der Waals surface area (Å²) in [6.45, 7) is 5.75. The number of nitrogens with one attached hydrogen (secondary N) is 1. The number of nitrogens with two attached hydrogens (primary N) is 1. The molecule has 0 aliphatic rings. The van der Waals surface area contributed by atoms with Gasteiger partial charge in [0, 0.05) is 26.1 Å². The summed E-state index contributed by atoms with van der Waals surface area (Å²) in [5.41, 5.74) is 5.06. The van der Waals surface area contributed by atoms with Gasteiger partial charge in [-0.05, 0) is 11.8 Å². The first-order chi connectivity index (χ1) is 5.98. The van der Waals surface area contributed by atoms with E-state index in [1.807, 2.05) is 0 Å². The van der Waals surface area contributed by atoms with Crippen molar-refractivity contribution in [1.82, 2.24) is 5.32 Å². The van der Waals surface area contributed by atoms with E-state index in [0.717, 1.165) is 13.0 Å². The van der Waals surface area contributed by atoms with Gasteiger partial charge in [-0.15, -0.1) is 0 Å². The molecule has 0 aliphatic carbocycles. The highest BCUT2D eigenvalue weighted by Gasteiger charge is 2.15. The Labute approximate surface area is 79.5 Å². The van der Waals surface area contributed by atoms with Crippen LogP contribution in [0.4, 0.5) is 0 Å². The van der Waals surface area contributed by atoms with Gasteiger partial charge in [0.2, 0.25) is 5.91 Å². The summed E-state index contributed by atoms with van der Waals surface area (Å²) < 4.78 is 0. The van der Waals surface area contributed by atoms with Crippen LogP contribution in [0.25, 0.3) is 0 Å². The van der Waals surface area contributed by atoms with Gasteiger partial charge in [0.1, 0.15) is 0 Å². The first kappa shape index (κ1) is 12.4. The Balaban J connectivity index is 3.45. The molecule has 4 nitrogen and oxygen atoms in total. The lowest BCUT2D eigenvalue weighted by molar-refractivity contribution is -0.117. The SMILES string of the molecule is CC(C)(CCO)CNCCC(N)=O. The van der Waals surface area contributed by atoms with Crippen LogP contribution in [0.2, 0.25) is 0 Å². The van der Waals surface area contributed by atoms with Gasteiger partial charge in [-0.2, -0.15) is 0 Å². The quantitative estimate of drug-likeness (QED) is 0.487. The van der Waals surface area contributed by atoms with Gasteiger partial charge >= 0.3 is 0 Å². The number of carbonyl (C=O) groups excluding carboxylic acids is 1. The van der Waals surface area contributed by atoms with E-state index in [1.54, 1.807) is 0 Å². The van der Waals surface area contributed by atoms with Gasteiger partial charge in [0.25, 0.3) is 0 Å². The van der Waals surface area contributed by atoms with Gasteiger partial charge in [0.15, 0.2) is 0 Å². The van der Waals surface area contributed by atoms with Gasteiger partial charge in [-0.1, -0.05) is 13.8 Å². The van der Waals surface area contributed by atoms with E-state index in [0.29, 0.717) is 13.0 Å². The summed E-state index contributed by atoms with van der Waals surface area (Å²) in [6.07, 6.45) is 1.13. The topological polar surface area (TPSA) is 75.3 Å². The molecule has 0 atom stereocenters. The van der Waals surface area contributed by atoms with E-state index in [9.17, 15) is 4.79 Å². The molecule has 13 heavy (non-hydrogen) atoms. The second-order valence-corrected chi connectivity index (χ2v) is 4.03. The monoisotopic (exact) mass is 188 g/mol. The molecule has 0 saturated carbocycles. The molecule has 0 bridgehead atoms. The molecule has 0 aromatic rings. The van der Waals surface area contributed by atoms with Crippen LogP contribution in [0.3, 0.4) is 0 Å². The predicted molar refractivity (Wildman–Crippen MR) is 52.2 cm³/mol. The van der Waals surface area contributed by atoms with E-state index in [4.69, 9.17) is 10.8 Å². The van der Waals surface area contributed by atoms with E-state index >= 15 is 0 Å². The van der Waals surface area contributed by atoms with Crippen molar-refractivity contribution in [2.45, 2.75) is 26.7 Å². The average molecular weight is 188 g/mol. The zero-order chi connectivity index (χ0) is 10.3. The number of hydrogen-bond acceptors (Lipinski definition) is 3. The molecule has 0 saturated heterocycles. The van der Waals surface area contributed by atoms with Crippen LogP contribution in [0.15, 0.2) is 0 Å². The third-order valence-corrected chi connectivity index (χ3v) is 1.94. The normalized spacial score (nSPS) is 11.6. The molecule has 0 aliphatic heterocycles. The Morgan fingerprint density at radius 2 is 2.15 bits per heavy atom. The van der Waals surface area contributed by atoms with Crippen LogP contribution in [-0.2, 0) is 4.79 Å². The molecule has 0 heterocycles. The van der Waals surface area contributed by atoms with Crippen molar-refractivity contribution < 1.29 is 9.90 Å². The first-order valence-corrected chi connectivity index (χ1v) is 4.58. The standard InChI is InChI=1S/C9H20N2O2/c1-9(2,4-6-12)7-11-5-3-8(10)13/h11-12H,3-7H2,1-2H3,(H2,10,13). The minimum atomic E-state index is -0.285. The van der Waals surface area contributed by atoms with E-state index < -0.39 is 0 Å². The number of primary amides is 1. The summed E-state index contributed by atoms with van der Waals surface area (Å²) >= 11 is 0. The summed E-state index contributed by atoms with van der Waals surface area (Å²) in [4.78, 5) is 10.4. The number of amides is 1. The third-order valence-electron chi connectivity index (χ3n) is 1.94. The fourth-order valence-electron chi connectivity index (χ4n) is 1.03. The molecule has 4 heteroatoms. The van der Waals surface area contributed by atoms with Gasteiger partial charge in [-0.25, -0.2) is 0 Å². The lowest BCUT2D eigenvalue weighted by Crippen LogP contribution is -2.32. The minimum Gasteiger partial charge on any atom is -0.396 e. The van der Waals surface area contributed by atoms with Gasteiger partial charge in [0.05, 0.1) is 0 Å². The van der Waals surface area contributed by atoms with Crippen molar-refractivity contribution in [3.8, 4) is 0 Å². The van der Waals surface area contributed by atoms with Crippen molar-refractivity contribution in [3.05, 3.63) is 0 Å². The van der Waals surface area contributed by atoms with Crippen molar-refractivity contribution in [2.75, 3.05) is 19.7 Å². The van der Waals surface area contributed by atoms with Crippen LogP contribution < -0.4 is 11.1 Å². The first-order valence-electron chi connectivity index (χ1n) is 4.58. The summed E-state index contributed by atoms with van der Waals surface area (Å²) in [7, 11) is 0. The third kappa shape index (κ3) is 7.74. The van der Waals surface area contributed by atoms with Crippen LogP contribution in [0.1, 0.15) is 26.7 Å². The van der Waals surface area contributed by atoms with Crippen LogP contribution >= 0.6 is 0 Å². The van der Waals surface area contributed by atoms with Crippen molar-refractivity contribution in [2.24, 2.45) is 11.1 Å². The second-order valence-electron chi connectivity index (χ2n) is 4.03. The molecule has 0 spiro atoms. The highest BCUT2D eigenvalue weighted by atomic mass is 16.3. The molecule has 4 N–H and O–H groups in total. The zero-order valence-corrected chi connectivity index (χ0v) is 8.47. The molecule has 0 aromatic heterocycles. The Kier molecular flexibility index (Phi) is 5.66. The lowest BCUT2D eigenvalue weighted by Gasteiger charge is -2.23. The molecular weight excluding hydrogens is 168 g/mol. The minimum absolute atomic E-state index is 0.0758. The Morgan fingerprint density at radius 1 is 1.54 bits per heavy atom. The van der Waals surface area contributed by atoms with Crippen molar-refractivity contribution in [3.63, 3.8) is 0 Å². The van der Waals surface area contributed by atoms with E-state index in [1.165, 1.54) is 0 Å². The maximum absolute atomic E-state index is 10.4. The highest BCUT2D eigenvalue weighted by Crippen LogP contribution is 2.17. The number of aliphatic hydroxyl groups excluding tert-OH is 1. The Morgan fingerprint density at radius 3 is 2.62 bits per heavy atom. The highest BCUT2D eigenvalue weighted by molar-refractivity contribution is 5.73. The summed E-state index contributed by atoms with van der Waals surface area (Å²) in [6, 6.07) is 0. The number of carbonyl (C=O) groups is 1. The van der Waals surface area contributed by atoms with Crippen LogP contribution in [0, 0.1) is 5.41 Å². The molecule has 1 amide bonds. The molecule has 0 rings (SSSR count). The Hall–Kier alpha value is -0.610. The molecule has 0 unspecified atom stereocenters. The molecular formula is C9H20N2O2. The molecule has 78 valence electrons. The maximum Gasteiger partial charge on any atom is 0.218 e. The Bertz CT molecular complexity index is 158. The van der Waals surface area contributed by atoms with E-state index in [2.05, 4.69) is 19.2 Å². The summed E-state index contributed by atoms with van der Waals surface area (Å²) in [5.74, 6) is -0.285. The maximum atomic E-state index is 10.4. The lowest BCUT2D eigenvalue weighted by atomic mass is 9.90. The molecule has 0 radical (unpaired) electrons. The number of rotatable bonds is 7.